The van der Waals surface area contributed by atoms with Crippen molar-refractivity contribution >= 4 is 10.2 Å². The Hall–Kier alpha value is -1.02. The van der Waals surface area contributed by atoms with Crippen molar-refractivity contribution in [2.45, 2.75) is 32.7 Å². The van der Waals surface area contributed by atoms with Crippen LogP contribution in [0.25, 0.3) is 0 Å². The Labute approximate surface area is 144 Å². The Balaban J connectivity index is 2.10. The second-order valence-corrected chi connectivity index (χ2v) is 8.16. The van der Waals surface area contributed by atoms with Crippen LogP contribution in [0, 0.1) is 11.7 Å². The molecule has 0 bridgehead atoms. The van der Waals surface area contributed by atoms with Gasteiger partial charge in [0.25, 0.3) is 10.2 Å². The Bertz CT molecular complexity index is 616. The van der Waals surface area contributed by atoms with E-state index < -0.39 is 10.2 Å². The standard InChI is InChI=1S/C17H27FN2O3S/c1-3-10-20(13-16-6-4-5-7-17(16)18)24(21,22)19-11-8-15(9-12-19)14-23-2/h4-7,15H,3,8-14H2,1-2H3. The van der Waals surface area contributed by atoms with Gasteiger partial charge in [0.15, 0.2) is 0 Å². The number of hydrogen-bond donors (Lipinski definition) is 0. The molecule has 136 valence electrons. The number of hydrogen-bond acceptors (Lipinski definition) is 3. The van der Waals surface area contributed by atoms with E-state index >= 15 is 0 Å². The molecule has 0 spiro atoms. The average Bonchev–Trinajstić information content (AvgIpc) is 2.57. The Morgan fingerprint density at radius 1 is 1.29 bits per heavy atom. The number of nitrogens with zero attached hydrogens (tertiary/aromatic N) is 2. The number of ether oxygens (including phenoxy) is 1. The fraction of sp³-hybridized carbons (Fsp3) is 0.647. The molecule has 0 aromatic heterocycles. The van der Waals surface area contributed by atoms with Crippen molar-refractivity contribution in [3.8, 4) is 0 Å². The first kappa shape index (κ1) is 19.3. The SMILES string of the molecule is CCCN(Cc1ccccc1F)S(=O)(=O)N1CCC(COC)CC1. The lowest BCUT2D eigenvalue weighted by molar-refractivity contribution is 0.119. The first-order chi connectivity index (χ1) is 11.5. The molecular weight excluding hydrogens is 331 g/mol. The van der Waals surface area contributed by atoms with Crippen LogP contribution in [-0.4, -0.2) is 50.4 Å². The summed E-state index contributed by atoms with van der Waals surface area (Å²) in [6, 6.07) is 6.34. The molecule has 1 fully saturated rings. The molecule has 7 heteroatoms. The van der Waals surface area contributed by atoms with Crippen molar-refractivity contribution in [1.82, 2.24) is 8.61 Å². The fourth-order valence-electron chi connectivity index (χ4n) is 3.05. The quantitative estimate of drug-likeness (QED) is 0.718. The molecule has 0 atom stereocenters. The number of halogens is 1. The molecule has 0 saturated carbocycles. The van der Waals surface area contributed by atoms with Gasteiger partial charge in [-0.25, -0.2) is 4.39 Å². The molecule has 1 aromatic carbocycles. The first-order valence-corrected chi connectivity index (χ1v) is 9.86. The van der Waals surface area contributed by atoms with Crippen LogP contribution in [0.4, 0.5) is 4.39 Å². The molecule has 0 amide bonds. The summed E-state index contributed by atoms with van der Waals surface area (Å²) in [5.41, 5.74) is 0.406. The molecule has 2 rings (SSSR count). The summed E-state index contributed by atoms with van der Waals surface area (Å²) >= 11 is 0. The maximum Gasteiger partial charge on any atom is 0.282 e. The number of benzene rings is 1. The summed E-state index contributed by atoms with van der Waals surface area (Å²) in [4.78, 5) is 0. The predicted molar refractivity (Wildman–Crippen MR) is 92.2 cm³/mol. The van der Waals surface area contributed by atoms with E-state index in [1.54, 1.807) is 25.3 Å². The molecule has 0 radical (unpaired) electrons. The predicted octanol–water partition coefficient (Wildman–Crippen LogP) is 2.64. The maximum atomic E-state index is 13.9. The van der Waals surface area contributed by atoms with Crippen molar-refractivity contribution in [1.29, 1.82) is 0 Å². The summed E-state index contributed by atoms with van der Waals surface area (Å²) in [5.74, 6) is 0.0419. The lowest BCUT2D eigenvalue weighted by Crippen LogP contribution is -2.47. The van der Waals surface area contributed by atoms with Gasteiger partial charge in [-0.3, -0.25) is 0 Å². The highest BCUT2D eigenvalue weighted by Crippen LogP contribution is 2.23. The molecule has 5 nitrogen and oxygen atoms in total. The van der Waals surface area contributed by atoms with Crippen LogP contribution >= 0.6 is 0 Å². The van der Waals surface area contributed by atoms with Crippen LogP contribution in [0.2, 0.25) is 0 Å². The summed E-state index contributed by atoms with van der Waals surface area (Å²) in [5, 5.41) is 0. The van der Waals surface area contributed by atoms with Gasteiger partial charge in [0.2, 0.25) is 0 Å². The van der Waals surface area contributed by atoms with Crippen molar-refractivity contribution < 1.29 is 17.5 Å². The average molecular weight is 358 g/mol. The molecule has 1 heterocycles. The van der Waals surface area contributed by atoms with Crippen LogP contribution in [0.3, 0.4) is 0 Å². The van der Waals surface area contributed by atoms with E-state index in [4.69, 9.17) is 4.74 Å². The molecule has 1 aliphatic rings. The van der Waals surface area contributed by atoms with E-state index in [1.807, 2.05) is 6.92 Å². The normalized spacial score (nSPS) is 17.5. The van der Waals surface area contributed by atoms with E-state index in [1.165, 1.54) is 14.7 Å². The molecule has 1 aliphatic heterocycles. The third kappa shape index (κ3) is 4.75. The van der Waals surface area contributed by atoms with Gasteiger partial charge in [-0.15, -0.1) is 0 Å². The van der Waals surface area contributed by atoms with Crippen LogP contribution in [0.15, 0.2) is 24.3 Å². The highest BCUT2D eigenvalue weighted by Gasteiger charge is 2.32. The van der Waals surface area contributed by atoms with E-state index in [0.29, 0.717) is 44.1 Å². The van der Waals surface area contributed by atoms with Gasteiger partial charge in [0.1, 0.15) is 5.82 Å². The lowest BCUT2D eigenvalue weighted by Gasteiger charge is -2.34. The maximum absolute atomic E-state index is 13.9. The van der Waals surface area contributed by atoms with E-state index in [-0.39, 0.29) is 12.4 Å². The molecule has 0 aliphatic carbocycles. The topological polar surface area (TPSA) is 49.9 Å². The van der Waals surface area contributed by atoms with Gasteiger partial charge in [-0.1, -0.05) is 25.1 Å². The highest BCUT2D eigenvalue weighted by molar-refractivity contribution is 7.86. The molecule has 0 unspecified atom stereocenters. The molecule has 1 aromatic rings. The molecule has 24 heavy (non-hydrogen) atoms. The van der Waals surface area contributed by atoms with Crippen molar-refractivity contribution in [2.75, 3.05) is 33.4 Å². The second-order valence-electron chi connectivity index (χ2n) is 6.23. The van der Waals surface area contributed by atoms with Crippen LogP contribution in [-0.2, 0) is 21.5 Å². The summed E-state index contributed by atoms with van der Waals surface area (Å²) in [7, 11) is -1.91. The number of piperidine rings is 1. The van der Waals surface area contributed by atoms with E-state index in [2.05, 4.69) is 0 Å². The Morgan fingerprint density at radius 3 is 2.54 bits per heavy atom. The van der Waals surface area contributed by atoms with Crippen molar-refractivity contribution in [3.05, 3.63) is 35.6 Å². The van der Waals surface area contributed by atoms with Crippen LogP contribution in [0.5, 0.6) is 0 Å². The van der Waals surface area contributed by atoms with E-state index in [0.717, 1.165) is 12.8 Å². The smallest absolute Gasteiger partial charge is 0.282 e. The largest absolute Gasteiger partial charge is 0.384 e. The summed E-state index contributed by atoms with van der Waals surface area (Å²) in [6.07, 6.45) is 2.29. The van der Waals surface area contributed by atoms with Crippen molar-refractivity contribution in [2.24, 2.45) is 5.92 Å². The Kier molecular flexibility index (Phi) is 7.16. The minimum atomic E-state index is -3.58. The number of methoxy groups -OCH3 is 1. The first-order valence-electron chi connectivity index (χ1n) is 8.46. The van der Waals surface area contributed by atoms with E-state index in [9.17, 15) is 12.8 Å². The zero-order valence-electron chi connectivity index (χ0n) is 14.4. The van der Waals surface area contributed by atoms with Gasteiger partial charge >= 0.3 is 0 Å². The fourth-order valence-corrected chi connectivity index (χ4v) is 4.76. The Morgan fingerprint density at radius 2 is 1.96 bits per heavy atom. The van der Waals surface area contributed by atoms with Gasteiger partial charge < -0.3 is 4.74 Å². The molecular formula is C17H27FN2O3S. The van der Waals surface area contributed by atoms with Gasteiger partial charge in [0, 0.05) is 45.5 Å². The molecule has 0 N–H and O–H groups in total. The van der Waals surface area contributed by atoms with Gasteiger partial charge in [0.05, 0.1) is 0 Å². The van der Waals surface area contributed by atoms with Crippen LogP contribution in [0.1, 0.15) is 31.7 Å². The van der Waals surface area contributed by atoms with Crippen molar-refractivity contribution in [3.63, 3.8) is 0 Å². The monoisotopic (exact) mass is 358 g/mol. The highest BCUT2D eigenvalue weighted by atomic mass is 32.2. The second kappa shape index (κ2) is 8.89. The zero-order chi connectivity index (χ0) is 17.6. The summed E-state index contributed by atoms with van der Waals surface area (Å²) in [6.45, 7) is 4.04. The zero-order valence-corrected chi connectivity index (χ0v) is 15.3. The van der Waals surface area contributed by atoms with Crippen LogP contribution < -0.4 is 0 Å². The minimum absolute atomic E-state index is 0.0703. The number of rotatable bonds is 8. The third-order valence-electron chi connectivity index (χ3n) is 4.41. The third-order valence-corrected chi connectivity index (χ3v) is 6.39. The minimum Gasteiger partial charge on any atom is -0.384 e. The lowest BCUT2D eigenvalue weighted by atomic mass is 9.99. The summed E-state index contributed by atoms with van der Waals surface area (Å²) < 4.78 is 47.9. The molecule has 1 saturated heterocycles. The van der Waals surface area contributed by atoms with Gasteiger partial charge in [-0.2, -0.15) is 17.0 Å². The van der Waals surface area contributed by atoms with Gasteiger partial charge in [-0.05, 0) is 31.2 Å².